The van der Waals surface area contributed by atoms with Crippen molar-refractivity contribution in [3.8, 4) is 0 Å². The highest BCUT2D eigenvalue weighted by Crippen LogP contribution is 2.15. The SMILES string of the molecule is CCNC(=NCC(=O)Nc1cccnc1)NCCCn1c(C)nc2ccccc21.I. The second kappa shape index (κ2) is 12.1. The van der Waals surface area contributed by atoms with E-state index in [9.17, 15) is 4.79 Å². The predicted octanol–water partition coefficient (Wildman–Crippen LogP) is 2.94. The summed E-state index contributed by atoms with van der Waals surface area (Å²) in [6.07, 6.45) is 4.18. The summed E-state index contributed by atoms with van der Waals surface area (Å²) < 4.78 is 2.22. The van der Waals surface area contributed by atoms with Crippen LogP contribution in [0.2, 0.25) is 0 Å². The monoisotopic (exact) mass is 521 g/mol. The molecule has 0 aliphatic rings. The Morgan fingerprint density at radius 1 is 1.17 bits per heavy atom. The highest BCUT2D eigenvalue weighted by atomic mass is 127. The van der Waals surface area contributed by atoms with Crippen molar-refractivity contribution in [2.75, 3.05) is 25.0 Å². The number of nitrogens with zero attached hydrogens (tertiary/aromatic N) is 4. The van der Waals surface area contributed by atoms with Crippen molar-refractivity contribution in [3.63, 3.8) is 0 Å². The molecule has 0 aliphatic carbocycles. The minimum atomic E-state index is -0.185. The maximum absolute atomic E-state index is 12.1. The molecule has 0 unspecified atom stereocenters. The van der Waals surface area contributed by atoms with E-state index in [1.54, 1.807) is 24.5 Å². The molecule has 0 fully saturated rings. The molecule has 160 valence electrons. The number of fused-ring (bicyclic) bond motifs is 1. The Morgan fingerprint density at radius 2 is 2.00 bits per heavy atom. The zero-order valence-corrected chi connectivity index (χ0v) is 19.6. The lowest BCUT2D eigenvalue weighted by molar-refractivity contribution is -0.114. The van der Waals surface area contributed by atoms with Crippen LogP contribution in [0.25, 0.3) is 11.0 Å². The molecule has 0 bridgehead atoms. The Morgan fingerprint density at radius 3 is 2.77 bits per heavy atom. The van der Waals surface area contributed by atoms with E-state index in [4.69, 9.17) is 0 Å². The van der Waals surface area contributed by atoms with Gasteiger partial charge in [0.05, 0.1) is 22.9 Å². The van der Waals surface area contributed by atoms with E-state index in [1.165, 1.54) is 0 Å². The van der Waals surface area contributed by atoms with Crippen LogP contribution in [0.1, 0.15) is 19.2 Å². The number of imidazole rings is 1. The molecule has 3 rings (SSSR count). The normalized spacial score (nSPS) is 11.1. The van der Waals surface area contributed by atoms with Gasteiger partial charge in [0.1, 0.15) is 12.4 Å². The van der Waals surface area contributed by atoms with Crippen molar-refractivity contribution in [3.05, 3.63) is 54.6 Å². The van der Waals surface area contributed by atoms with Crippen molar-refractivity contribution in [1.29, 1.82) is 0 Å². The van der Waals surface area contributed by atoms with E-state index in [1.807, 2.05) is 32.0 Å². The number of aryl methyl sites for hydroxylation is 2. The number of para-hydroxylation sites is 2. The second-order valence-corrected chi connectivity index (χ2v) is 6.56. The Labute approximate surface area is 193 Å². The van der Waals surface area contributed by atoms with Gasteiger partial charge in [0.25, 0.3) is 0 Å². The molecule has 9 heteroatoms. The predicted molar refractivity (Wildman–Crippen MR) is 131 cm³/mol. The van der Waals surface area contributed by atoms with E-state index >= 15 is 0 Å². The number of rotatable bonds is 8. The smallest absolute Gasteiger partial charge is 0.246 e. The first kappa shape index (κ1) is 23.6. The highest BCUT2D eigenvalue weighted by Gasteiger charge is 2.07. The molecule has 0 saturated heterocycles. The summed E-state index contributed by atoms with van der Waals surface area (Å²) >= 11 is 0. The third-order valence-electron chi connectivity index (χ3n) is 4.37. The standard InChI is InChI=1S/C21H27N7O.HI/c1-3-23-21(25-15-20(29)27-17-8-6-11-22-14-17)24-12-7-13-28-16(2)26-18-9-4-5-10-19(18)28;/h4-6,8-11,14H,3,7,12-13,15H2,1-2H3,(H,27,29)(H2,23,24,25);1H. The van der Waals surface area contributed by atoms with Gasteiger partial charge >= 0.3 is 0 Å². The van der Waals surface area contributed by atoms with Crippen LogP contribution in [0.5, 0.6) is 0 Å². The fourth-order valence-electron chi connectivity index (χ4n) is 3.05. The second-order valence-electron chi connectivity index (χ2n) is 6.56. The van der Waals surface area contributed by atoms with Crippen LogP contribution in [0, 0.1) is 6.92 Å². The molecule has 0 saturated carbocycles. The molecule has 30 heavy (non-hydrogen) atoms. The van der Waals surface area contributed by atoms with Gasteiger partial charge in [-0.05, 0) is 44.5 Å². The number of pyridine rings is 1. The molecule has 0 aliphatic heterocycles. The lowest BCUT2D eigenvalue weighted by atomic mass is 10.3. The van der Waals surface area contributed by atoms with Crippen LogP contribution >= 0.6 is 24.0 Å². The summed E-state index contributed by atoms with van der Waals surface area (Å²) in [5, 5.41) is 9.22. The fourth-order valence-corrected chi connectivity index (χ4v) is 3.05. The molecule has 1 aromatic carbocycles. The molecule has 0 radical (unpaired) electrons. The van der Waals surface area contributed by atoms with Gasteiger partial charge in [-0.2, -0.15) is 0 Å². The summed E-state index contributed by atoms with van der Waals surface area (Å²) in [5.41, 5.74) is 2.83. The first-order chi connectivity index (χ1) is 14.2. The number of benzene rings is 1. The summed E-state index contributed by atoms with van der Waals surface area (Å²) in [7, 11) is 0. The van der Waals surface area contributed by atoms with Gasteiger partial charge in [-0.1, -0.05) is 12.1 Å². The number of aliphatic imine (C=N–C) groups is 1. The summed E-state index contributed by atoms with van der Waals surface area (Å²) in [6.45, 7) is 6.38. The number of halogens is 1. The maximum Gasteiger partial charge on any atom is 0.246 e. The van der Waals surface area contributed by atoms with Gasteiger partial charge in [-0.15, -0.1) is 24.0 Å². The van der Waals surface area contributed by atoms with Crippen LogP contribution < -0.4 is 16.0 Å². The van der Waals surface area contributed by atoms with Crippen LogP contribution in [0.15, 0.2) is 53.8 Å². The van der Waals surface area contributed by atoms with Crippen molar-refractivity contribution in [2.24, 2.45) is 4.99 Å². The fraction of sp³-hybridized carbons (Fsp3) is 0.333. The molecule has 1 amide bonds. The van der Waals surface area contributed by atoms with Crippen LogP contribution in [0.3, 0.4) is 0 Å². The topological polar surface area (TPSA) is 96.2 Å². The van der Waals surface area contributed by atoms with Gasteiger partial charge in [0, 0.05) is 25.8 Å². The molecule has 3 N–H and O–H groups in total. The first-order valence-corrected chi connectivity index (χ1v) is 9.81. The molecule has 0 atom stereocenters. The molecule has 3 aromatic rings. The number of carbonyl (C=O) groups excluding carboxylic acids is 1. The molecular weight excluding hydrogens is 493 g/mol. The van der Waals surface area contributed by atoms with E-state index in [-0.39, 0.29) is 36.4 Å². The van der Waals surface area contributed by atoms with Gasteiger partial charge in [0.15, 0.2) is 5.96 Å². The Balaban J connectivity index is 0.00000320. The zero-order chi connectivity index (χ0) is 20.5. The number of hydrogen-bond acceptors (Lipinski definition) is 4. The zero-order valence-electron chi connectivity index (χ0n) is 17.3. The summed E-state index contributed by atoms with van der Waals surface area (Å²) in [5.74, 6) is 1.45. The van der Waals surface area contributed by atoms with Crippen LogP contribution in [-0.2, 0) is 11.3 Å². The van der Waals surface area contributed by atoms with Gasteiger partial charge in [0.2, 0.25) is 5.91 Å². The minimum Gasteiger partial charge on any atom is -0.357 e. The number of aromatic nitrogens is 3. The average Bonchev–Trinajstić information content (AvgIpc) is 3.05. The Bertz CT molecular complexity index is 972. The maximum atomic E-state index is 12.1. The van der Waals surface area contributed by atoms with Gasteiger partial charge < -0.3 is 20.5 Å². The quantitative estimate of drug-likeness (QED) is 0.183. The molecule has 2 aromatic heterocycles. The van der Waals surface area contributed by atoms with Crippen LogP contribution in [0.4, 0.5) is 5.69 Å². The number of hydrogen-bond donors (Lipinski definition) is 3. The molecule has 2 heterocycles. The number of guanidine groups is 1. The minimum absolute atomic E-state index is 0. The summed E-state index contributed by atoms with van der Waals surface area (Å²) in [4.78, 5) is 25.0. The largest absolute Gasteiger partial charge is 0.357 e. The van der Waals surface area contributed by atoms with E-state index in [2.05, 4.69) is 41.5 Å². The van der Waals surface area contributed by atoms with Crippen molar-refractivity contribution >= 4 is 52.6 Å². The first-order valence-electron chi connectivity index (χ1n) is 9.81. The van der Waals surface area contributed by atoms with Crippen molar-refractivity contribution in [2.45, 2.75) is 26.8 Å². The molecular formula is C21H28IN7O. The number of carbonyl (C=O) groups is 1. The third-order valence-corrected chi connectivity index (χ3v) is 4.37. The highest BCUT2D eigenvalue weighted by molar-refractivity contribution is 14.0. The molecule has 8 nitrogen and oxygen atoms in total. The average molecular weight is 521 g/mol. The van der Waals surface area contributed by atoms with E-state index < -0.39 is 0 Å². The lowest BCUT2D eigenvalue weighted by Crippen LogP contribution is -2.38. The number of anilines is 1. The van der Waals surface area contributed by atoms with E-state index in [0.717, 1.165) is 42.9 Å². The number of amides is 1. The van der Waals surface area contributed by atoms with E-state index in [0.29, 0.717) is 11.6 Å². The summed E-state index contributed by atoms with van der Waals surface area (Å²) in [6, 6.07) is 11.7. The van der Waals surface area contributed by atoms with Crippen LogP contribution in [-0.4, -0.2) is 46.0 Å². The van der Waals surface area contributed by atoms with Crippen molar-refractivity contribution in [1.82, 2.24) is 25.2 Å². The van der Waals surface area contributed by atoms with Gasteiger partial charge in [-0.3, -0.25) is 9.78 Å². The van der Waals surface area contributed by atoms with Gasteiger partial charge in [-0.25, -0.2) is 9.98 Å². The van der Waals surface area contributed by atoms with Crippen molar-refractivity contribution < 1.29 is 4.79 Å². The Kier molecular flexibility index (Phi) is 9.52. The lowest BCUT2D eigenvalue weighted by Gasteiger charge is -2.12. The Hall–Kier alpha value is -2.69. The molecule has 0 spiro atoms. The number of nitrogens with one attached hydrogen (secondary N) is 3. The third kappa shape index (κ3) is 6.68.